The van der Waals surface area contributed by atoms with E-state index in [2.05, 4.69) is 11.4 Å². The number of hydrogen-bond donors (Lipinski definition) is 1. The largest absolute Gasteiger partial charge is 0.496 e. The molecule has 0 saturated heterocycles. The van der Waals surface area contributed by atoms with Gasteiger partial charge in [-0.05, 0) is 38.5 Å². The van der Waals surface area contributed by atoms with Gasteiger partial charge in [-0.1, -0.05) is 29.8 Å². The third-order valence-electron chi connectivity index (χ3n) is 3.43. The number of ether oxygens (including phenoxy) is 1. The van der Waals surface area contributed by atoms with E-state index in [1.165, 1.54) is 6.07 Å². The minimum absolute atomic E-state index is 0.0413. The van der Waals surface area contributed by atoms with Crippen molar-refractivity contribution in [2.45, 2.75) is 26.8 Å². The molecule has 0 aliphatic carbocycles. The van der Waals surface area contributed by atoms with Crippen molar-refractivity contribution in [3.8, 4) is 5.75 Å². The molecule has 1 N–H and O–H groups in total. The van der Waals surface area contributed by atoms with Crippen LogP contribution in [0.25, 0.3) is 0 Å². The molecule has 0 saturated carbocycles. The maximum atomic E-state index is 13.9. The Morgan fingerprint density at radius 2 is 1.90 bits per heavy atom. The zero-order chi connectivity index (χ0) is 14.7. The van der Waals surface area contributed by atoms with Gasteiger partial charge in [-0.3, -0.25) is 0 Å². The summed E-state index contributed by atoms with van der Waals surface area (Å²) in [4.78, 5) is 0. The molecule has 0 fully saturated rings. The van der Waals surface area contributed by atoms with Gasteiger partial charge in [0.2, 0.25) is 0 Å². The Bertz CT molecular complexity index is 590. The Morgan fingerprint density at radius 1 is 1.15 bits per heavy atom. The van der Waals surface area contributed by atoms with Crippen molar-refractivity contribution in [3.05, 3.63) is 58.9 Å². The summed E-state index contributed by atoms with van der Waals surface area (Å²) >= 11 is 0. The quantitative estimate of drug-likeness (QED) is 0.877. The summed E-state index contributed by atoms with van der Waals surface area (Å²) in [6, 6.07) is 11.0. The fraction of sp³-hybridized carbons (Fsp3) is 0.294. The molecule has 0 heterocycles. The fourth-order valence-electron chi connectivity index (χ4n) is 2.30. The van der Waals surface area contributed by atoms with Crippen molar-refractivity contribution >= 4 is 5.69 Å². The lowest BCUT2D eigenvalue weighted by atomic mass is 10.0. The third-order valence-corrected chi connectivity index (χ3v) is 3.43. The zero-order valence-electron chi connectivity index (χ0n) is 12.3. The third kappa shape index (κ3) is 2.93. The molecule has 1 unspecified atom stereocenters. The van der Waals surface area contributed by atoms with Gasteiger partial charge >= 0.3 is 0 Å². The summed E-state index contributed by atoms with van der Waals surface area (Å²) in [6.45, 7) is 5.93. The molecule has 1 atom stereocenters. The van der Waals surface area contributed by atoms with E-state index in [1.807, 2.05) is 39.0 Å². The van der Waals surface area contributed by atoms with E-state index in [9.17, 15) is 4.39 Å². The van der Waals surface area contributed by atoms with Crippen LogP contribution in [-0.4, -0.2) is 7.11 Å². The molecule has 0 aliphatic heterocycles. The van der Waals surface area contributed by atoms with Crippen molar-refractivity contribution in [1.29, 1.82) is 0 Å². The van der Waals surface area contributed by atoms with Gasteiger partial charge in [-0.15, -0.1) is 0 Å². The van der Waals surface area contributed by atoms with Crippen molar-refractivity contribution in [3.63, 3.8) is 0 Å². The predicted octanol–water partition coefficient (Wildman–Crippen LogP) is 4.62. The van der Waals surface area contributed by atoms with Gasteiger partial charge in [0.1, 0.15) is 11.6 Å². The summed E-state index contributed by atoms with van der Waals surface area (Å²) in [6.07, 6.45) is 0. The molecular formula is C17H20FNO. The van der Waals surface area contributed by atoms with Crippen LogP contribution < -0.4 is 10.1 Å². The van der Waals surface area contributed by atoms with Gasteiger partial charge in [0, 0.05) is 5.56 Å². The second-order valence-electron chi connectivity index (χ2n) is 5.04. The maximum absolute atomic E-state index is 13.9. The Labute approximate surface area is 119 Å². The normalized spacial score (nSPS) is 12.1. The van der Waals surface area contributed by atoms with Crippen molar-refractivity contribution in [1.82, 2.24) is 0 Å². The first-order chi connectivity index (χ1) is 9.52. The molecule has 3 heteroatoms. The lowest BCUT2D eigenvalue weighted by Gasteiger charge is -2.20. The minimum atomic E-state index is -0.233. The van der Waals surface area contributed by atoms with Gasteiger partial charge < -0.3 is 10.1 Å². The average Bonchev–Trinajstić information content (AvgIpc) is 2.43. The monoisotopic (exact) mass is 273 g/mol. The standard InChI is InChI=1S/C17H20FNO/c1-11-8-9-16(20-4)14(10-11)13(3)19-17-12(2)6-5-7-15(17)18/h5-10,13,19H,1-4H3. The van der Waals surface area contributed by atoms with Gasteiger partial charge in [-0.25, -0.2) is 4.39 Å². The van der Waals surface area contributed by atoms with Gasteiger partial charge in [-0.2, -0.15) is 0 Å². The van der Waals surface area contributed by atoms with Crippen LogP contribution in [0.1, 0.15) is 29.7 Å². The molecule has 106 valence electrons. The van der Waals surface area contributed by atoms with E-state index in [0.29, 0.717) is 5.69 Å². The van der Waals surface area contributed by atoms with E-state index in [1.54, 1.807) is 13.2 Å². The predicted molar refractivity (Wildman–Crippen MR) is 80.9 cm³/mol. The van der Waals surface area contributed by atoms with E-state index in [4.69, 9.17) is 4.74 Å². The SMILES string of the molecule is COc1ccc(C)cc1C(C)Nc1c(C)cccc1F. The summed E-state index contributed by atoms with van der Waals surface area (Å²) in [7, 11) is 1.65. The number of benzene rings is 2. The van der Waals surface area contributed by atoms with Crippen LogP contribution in [-0.2, 0) is 0 Å². The highest BCUT2D eigenvalue weighted by Gasteiger charge is 2.14. The number of para-hydroxylation sites is 1. The first-order valence-electron chi connectivity index (χ1n) is 6.69. The molecule has 0 aromatic heterocycles. The molecule has 0 aliphatic rings. The summed E-state index contributed by atoms with van der Waals surface area (Å²) in [5.74, 6) is 0.577. The van der Waals surface area contributed by atoms with Gasteiger partial charge in [0.25, 0.3) is 0 Å². The topological polar surface area (TPSA) is 21.3 Å². The Hall–Kier alpha value is -2.03. The Morgan fingerprint density at radius 3 is 2.55 bits per heavy atom. The summed E-state index contributed by atoms with van der Waals surface area (Å²) in [5, 5.41) is 3.24. The molecule has 2 rings (SSSR count). The van der Waals surface area contributed by atoms with E-state index in [0.717, 1.165) is 22.4 Å². The van der Waals surface area contributed by atoms with Gasteiger partial charge in [0.05, 0.1) is 18.8 Å². The number of hydrogen-bond acceptors (Lipinski definition) is 2. The first kappa shape index (κ1) is 14.4. The number of methoxy groups -OCH3 is 1. The lowest BCUT2D eigenvalue weighted by Crippen LogP contribution is -2.10. The minimum Gasteiger partial charge on any atom is -0.496 e. The Kier molecular flexibility index (Phi) is 4.28. The molecule has 0 amide bonds. The molecule has 2 aromatic rings. The highest BCUT2D eigenvalue weighted by atomic mass is 19.1. The Balaban J connectivity index is 2.33. The molecule has 2 aromatic carbocycles. The average molecular weight is 273 g/mol. The zero-order valence-corrected chi connectivity index (χ0v) is 12.3. The maximum Gasteiger partial charge on any atom is 0.146 e. The van der Waals surface area contributed by atoms with Crippen LogP contribution >= 0.6 is 0 Å². The smallest absolute Gasteiger partial charge is 0.146 e. The lowest BCUT2D eigenvalue weighted by molar-refractivity contribution is 0.407. The van der Waals surface area contributed by atoms with Crippen LogP contribution in [0.5, 0.6) is 5.75 Å². The number of aryl methyl sites for hydroxylation is 2. The van der Waals surface area contributed by atoms with Crippen LogP contribution in [0, 0.1) is 19.7 Å². The molecule has 20 heavy (non-hydrogen) atoms. The van der Waals surface area contributed by atoms with Crippen molar-refractivity contribution < 1.29 is 9.13 Å². The fourth-order valence-corrected chi connectivity index (χ4v) is 2.30. The van der Waals surface area contributed by atoms with Crippen LogP contribution in [0.15, 0.2) is 36.4 Å². The number of anilines is 1. The second kappa shape index (κ2) is 5.95. The molecule has 0 spiro atoms. The number of halogens is 1. The highest BCUT2D eigenvalue weighted by Crippen LogP contribution is 2.30. The second-order valence-corrected chi connectivity index (χ2v) is 5.04. The number of rotatable bonds is 4. The molecular weight excluding hydrogens is 253 g/mol. The molecule has 0 radical (unpaired) electrons. The molecule has 2 nitrogen and oxygen atoms in total. The highest BCUT2D eigenvalue weighted by molar-refractivity contribution is 5.54. The molecule has 0 bridgehead atoms. The summed E-state index contributed by atoms with van der Waals surface area (Å²) < 4.78 is 19.3. The van der Waals surface area contributed by atoms with E-state index in [-0.39, 0.29) is 11.9 Å². The van der Waals surface area contributed by atoms with E-state index < -0.39 is 0 Å². The van der Waals surface area contributed by atoms with E-state index >= 15 is 0 Å². The number of nitrogens with one attached hydrogen (secondary N) is 1. The van der Waals surface area contributed by atoms with Crippen LogP contribution in [0.3, 0.4) is 0 Å². The first-order valence-corrected chi connectivity index (χ1v) is 6.69. The van der Waals surface area contributed by atoms with Crippen LogP contribution in [0.4, 0.5) is 10.1 Å². The van der Waals surface area contributed by atoms with Crippen LogP contribution in [0.2, 0.25) is 0 Å². The van der Waals surface area contributed by atoms with Gasteiger partial charge in [0.15, 0.2) is 0 Å². The van der Waals surface area contributed by atoms with Crippen molar-refractivity contribution in [2.24, 2.45) is 0 Å². The van der Waals surface area contributed by atoms with Crippen molar-refractivity contribution in [2.75, 3.05) is 12.4 Å². The summed E-state index contributed by atoms with van der Waals surface area (Å²) in [5.41, 5.74) is 3.61.